The Morgan fingerprint density at radius 3 is 2.59 bits per heavy atom. The Balaban J connectivity index is 1.79. The summed E-state index contributed by atoms with van der Waals surface area (Å²) in [5, 5.41) is 0. The lowest BCUT2D eigenvalue weighted by atomic mass is 10.2. The molecule has 0 N–H and O–H groups in total. The molecule has 0 unspecified atom stereocenters. The molecule has 140 valence electrons. The molecule has 3 rings (SSSR count). The number of aromatic nitrogens is 2. The number of nitrogens with zero attached hydrogens (tertiary/aromatic N) is 2. The third-order valence-electron chi connectivity index (χ3n) is 3.67. The number of ether oxygens (including phenoxy) is 1. The Kier molecular flexibility index (Phi) is 5.59. The van der Waals surface area contributed by atoms with Crippen molar-refractivity contribution in [1.29, 1.82) is 0 Å². The minimum absolute atomic E-state index is 0.0376. The normalized spacial score (nSPS) is 10.9. The van der Waals surface area contributed by atoms with Gasteiger partial charge in [-0.05, 0) is 45.8 Å². The van der Waals surface area contributed by atoms with Crippen LogP contribution in [-0.4, -0.2) is 9.55 Å². The fourth-order valence-corrected chi connectivity index (χ4v) is 2.76. The summed E-state index contributed by atoms with van der Waals surface area (Å²) >= 11 is 3.05. The van der Waals surface area contributed by atoms with Crippen molar-refractivity contribution in [2.24, 2.45) is 0 Å². The molecule has 0 radical (unpaired) electrons. The summed E-state index contributed by atoms with van der Waals surface area (Å²) in [6, 6.07) is 7.56. The zero-order chi connectivity index (χ0) is 19.6. The number of rotatable bonds is 5. The van der Waals surface area contributed by atoms with Gasteiger partial charge in [-0.1, -0.05) is 12.1 Å². The first-order valence-electron chi connectivity index (χ1n) is 7.61. The molecule has 0 saturated heterocycles. The summed E-state index contributed by atoms with van der Waals surface area (Å²) in [6.45, 7) is -0.373. The molecule has 0 saturated carbocycles. The molecule has 0 amide bonds. The van der Waals surface area contributed by atoms with Crippen molar-refractivity contribution in [1.82, 2.24) is 9.55 Å². The first-order chi connectivity index (χ1) is 12.9. The summed E-state index contributed by atoms with van der Waals surface area (Å²) in [6.07, 6.45) is 1.19. The maximum atomic E-state index is 13.7. The van der Waals surface area contributed by atoms with E-state index in [1.54, 1.807) is 6.07 Å². The van der Waals surface area contributed by atoms with Gasteiger partial charge in [0, 0.05) is 5.56 Å². The largest absolute Gasteiger partial charge is 0.472 e. The van der Waals surface area contributed by atoms with Crippen LogP contribution in [0.15, 0.2) is 52.0 Å². The van der Waals surface area contributed by atoms with Gasteiger partial charge < -0.3 is 4.74 Å². The lowest BCUT2D eigenvalue weighted by molar-refractivity contribution is 0.280. The molecule has 9 heteroatoms. The van der Waals surface area contributed by atoms with Gasteiger partial charge in [0.05, 0.1) is 6.54 Å². The molecular weight excluding hydrogens is 432 g/mol. The molecule has 4 nitrogen and oxygen atoms in total. The fraction of sp³-hybridized carbons (Fsp3) is 0.111. The Morgan fingerprint density at radius 2 is 1.85 bits per heavy atom. The Hall–Kier alpha value is -2.68. The van der Waals surface area contributed by atoms with E-state index in [4.69, 9.17) is 4.74 Å². The molecule has 0 spiro atoms. The Labute approximate surface area is 159 Å². The van der Waals surface area contributed by atoms with Gasteiger partial charge in [-0.2, -0.15) is 0 Å². The summed E-state index contributed by atoms with van der Waals surface area (Å²) in [5.74, 6) is -4.85. The smallest absolute Gasteiger partial charge is 0.271 e. The quantitative estimate of drug-likeness (QED) is 0.439. The molecule has 0 aliphatic carbocycles. The van der Waals surface area contributed by atoms with Crippen molar-refractivity contribution in [3.05, 3.63) is 91.9 Å². The highest BCUT2D eigenvalue weighted by Gasteiger charge is 2.16. The molecule has 1 aromatic heterocycles. The molecule has 27 heavy (non-hydrogen) atoms. The number of benzene rings is 2. The van der Waals surface area contributed by atoms with Gasteiger partial charge in [0.1, 0.15) is 23.2 Å². The van der Waals surface area contributed by atoms with Crippen molar-refractivity contribution >= 4 is 15.9 Å². The van der Waals surface area contributed by atoms with Crippen molar-refractivity contribution in [2.75, 3.05) is 0 Å². The molecule has 0 fully saturated rings. The minimum Gasteiger partial charge on any atom is -0.472 e. The fourth-order valence-electron chi connectivity index (χ4n) is 2.32. The van der Waals surface area contributed by atoms with Crippen LogP contribution in [0.3, 0.4) is 0 Å². The highest BCUT2D eigenvalue weighted by Crippen LogP contribution is 2.21. The van der Waals surface area contributed by atoms with Gasteiger partial charge in [0.15, 0.2) is 17.5 Å². The van der Waals surface area contributed by atoms with E-state index >= 15 is 0 Å². The standard InChI is InChI=1S/C18H11BrF4N2O2/c19-14-17(27-8-11-4-5-13(21)16(23)15(11)22)24-9-25(18(14)26)7-10-2-1-3-12(20)6-10/h1-6,9H,7-8H2. The first kappa shape index (κ1) is 19.1. The van der Waals surface area contributed by atoms with Crippen LogP contribution >= 0.6 is 15.9 Å². The maximum absolute atomic E-state index is 13.7. The maximum Gasteiger partial charge on any atom is 0.271 e. The topological polar surface area (TPSA) is 44.1 Å². The van der Waals surface area contributed by atoms with Gasteiger partial charge in [-0.25, -0.2) is 22.5 Å². The van der Waals surface area contributed by atoms with E-state index in [0.29, 0.717) is 5.56 Å². The van der Waals surface area contributed by atoms with Crippen LogP contribution in [0.4, 0.5) is 17.6 Å². The highest BCUT2D eigenvalue weighted by molar-refractivity contribution is 9.10. The average molecular weight is 443 g/mol. The zero-order valence-electron chi connectivity index (χ0n) is 13.6. The predicted molar refractivity (Wildman–Crippen MR) is 92.3 cm³/mol. The van der Waals surface area contributed by atoms with Crippen LogP contribution in [0.25, 0.3) is 0 Å². The van der Waals surface area contributed by atoms with Crippen LogP contribution in [-0.2, 0) is 13.2 Å². The van der Waals surface area contributed by atoms with E-state index in [1.807, 2.05) is 0 Å². The van der Waals surface area contributed by atoms with Gasteiger partial charge in [0.2, 0.25) is 5.88 Å². The van der Waals surface area contributed by atoms with E-state index in [2.05, 4.69) is 20.9 Å². The number of halogens is 5. The number of hydrogen-bond donors (Lipinski definition) is 0. The summed E-state index contributed by atoms with van der Waals surface area (Å²) in [5.41, 5.74) is -0.176. The molecule has 1 heterocycles. The molecule has 0 aliphatic rings. The van der Waals surface area contributed by atoms with Crippen LogP contribution in [0.1, 0.15) is 11.1 Å². The van der Waals surface area contributed by atoms with Gasteiger partial charge in [-0.15, -0.1) is 0 Å². The second-order valence-electron chi connectivity index (χ2n) is 5.55. The van der Waals surface area contributed by atoms with Crippen molar-refractivity contribution in [3.63, 3.8) is 0 Å². The molecule has 0 aliphatic heterocycles. The van der Waals surface area contributed by atoms with E-state index < -0.39 is 35.4 Å². The van der Waals surface area contributed by atoms with E-state index in [9.17, 15) is 22.4 Å². The van der Waals surface area contributed by atoms with Crippen molar-refractivity contribution in [3.8, 4) is 5.88 Å². The van der Waals surface area contributed by atoms with E-state index in [0.717, 1.165) is 12.1 Å². The highest BCUT2D eigenvalue weighted by atomic mass is 79.9. The van der Waals surface area contributed by atoms with Crippen LogP contribution in [0, 0.1) is 23.3 Å². The lowest BCUT2D eigenvalue weighted by Crippen LogP contribution is -2.22. The number of hydrogen-bond acceptors (Lipinski definition) is 3. The Morgan fingerprint density at radius 1 is 1.07 bits per heavy atom. The van der Waals surface area contributed by atoms with E-state index in [1.165, 1.54) is 29.1 Å². The van der Waals surface area contributed by atoms with Crippen LogP contribution in [0.2, 0.25) is 0 Å². The summed E-state index contributed by atoms with van der Waals surface area (Å²) < 4.78 is 59.5. The van der Waals surface area contributed by atoms with Crippen molar-refractivity contribution in [2.45, 2.75) is 13.2 Å². The lowest BCUT2D eigenvalue weighted by Gasteiger charge is -2.11. The minimum atomic E-state index is -1.60. The molecule has 3 aromatic rings. The second-order valence-corrected chi connectivity index (χ2v) is 6.34. The predicted octanol–water partition coefficient (Wildman–Crippen LogP) is 4.19. The molecular formula is C18H11BrF4N2O2. The first-order valence-corrected chi connectivity index (χ1v) is 8.40. The van der Waals surface area contributed by atoms with Crippen molar-refractivity contribution < 1.29 is 22.3 Å². The summed E-state index contributed by atoms with van der Waals surface area (Å²) in [7, 11) is 0. The van der Waals surface area contributed by atoms with E-state index in [-0.39, 0.29) is 22.5 Å². The monoisotopic (exact) mass is 442 g/mol. The Bertz CT molecular complexity index is 1060. The molecule has 0 atom stereocenters. The third-order valence-corrected chi connectivity index (χ3v) is 4.35. The average Bonchev–Trinajstić information content (AvgIpc) is 2.64. The second kappa shape index (κ2) is 7.91. The van der Waals surface area contributed by atoms with Crippen LogP contribution < -0.4 is 10.3 Å². The molecule has 0 bridgehead atoms. The van der Waals surface area contributed by atoms with Gasteiger partial charge >= 0.3 is 0 Å². The molecule has 2 aromatic carbocycles. The zero-order valence-corrected chi connectivity index (χ0v) is 15.1. The van der Waals surface area contributed by atoms with Gasteiger partial charge in [-0.3, -0.25) is 9.36 Å². The van der Waals surface area contributed by atoms with Crippen LogP contribution in [0.5, 0.6) is 5.88 Å². The SMILES string of the molecule is O=c1c(Br)c(OCc2ccc(F)c(F)c2F)ncn1Cc1cccc(F)c1. The van der Waals surface area contributed by atoms with Gasteiger partial charge in [0.25, 0.3) is 5.56 Å². The third kappa shape index (κ3) is 4.19. The summed E-state index contributed by atoms with van der Waals surface area (Å²) in [4.78, 5) is 16.3.